The highest BCUT2D eigenvalue weighted by atomic mass is 79.9. The molecule has 4 aliphatic carbocycles. The zero-order valence-electron chi connectivity index (χ0n) is 71.8. The molecule has 0 bridgehead atoms. The number of thiocarbonyl (C=S) groups is 1. The van der Waals surface area contributed by atoms with Crippen molar-refractivity contribution in [1.29, 1.82) is 0 Å². The highest BCUT2D eigenvalue weighted by molar-refractivity contribution is 9.09. The van der Waals surface area contributed by atoms with E-state index >= 15 is 0 Å². The summed E-state index contributed by atoms with van der Waals surface area (Å²) in [5.41, 5.74) is 1.82. The minimum absolute atomic E-state index is 0.00754. The van der Waals surface area contributed by atoms with Crippen LogP contribution in [0.5, 0.6) is 23.3 Å². The largest absolute Gasteiger partial charge is 0.494 e. The Morgan fingerprint density at radius 1 is 0.598 bits per heavy atom. The molecule has 4 aromatic carbocycles. The number of carbonyl (C=O) groups excluding carboxylic acids is 9. The molecule has 4 amide bonds. The molecule has 25 nitrogen and oxygen atoms in total. The first-order chi connectivity index (χ1) is 61.2. The molecular formula is C88H91BrCl2F12N8O17S4. The van der Waals surface area contributed by atoms with Crippen molar-refractivity contribution < 1.29 is 132 Å². The quantitative estimate of drug-likeness (QED) is 0.00940. The molecule has 2 saturated heterocycles. The lowest BCUT2D eigenvalue weighted by molar-refractivity contribution is -0.193. The van der Waals surface area contributed by atoms with E-state index in [1.165, 1.54) is 72.0 Å². The Bertz CT molecular complexity index is 5850. The molecule has 7 aromatic rings. The Morgan fingerprint density at radius 2 is 0.985 bits per heavy atom. The number of Topliss-reactive ketones (excluding diaryl/α,β-unsaturated/α-hetero) is 5. The number of hydrogen-bond donors (Lipinski definition) is 3. The zero-order valence-corrected chi connectivity index (χ0v) is 78.2. The van der Waals surface area contributed by atoms with Crippen LogP contribution in [0, 0.1) is 45.3 Å². The SMILES string of the molecule is C=C[C@@H]1C[C@]1(CC(=O)[C@@H]1C[C@@H](Oc2ncc(OC)c3ccc(Cl)cc23)CN1C(=O)[C@@H](CC(N)=S)C(C)(C)C)C(=O)NS(=O)(=O)C1CC1.C=C[C@@H]1C[C@]1(CC(=O)[C@@H]1C[C@@H](Oc2ncc(OC)c3ccc(Cl)cc23)CN1C(=O)[C@@H](Cc1nc(-c2ccc(C(F)(F)F)cc2)cs1)C(C)(C)C)C(=O)NS(=O)(=O)C1CC1.O=C(C(=O)C(F)(F)F)C(F)(F)F.O=C(CBr)c1ccc(C(F)(F)F)cc1. The third-order valence-electron chi connectivity index (χ3n) is 23.4. The van der Waals surface area contributed by atoms with Gasteiger partial charge >= 0.3 is 36.3 Å². The number of pyridine rings is 2. The van der Waals surface area contributed by atoms with Crippen LogP contribution in [-0.2, 0) is 77.2 Å². The first-order valence-electron chi connectivity index (χ1n) is 40.8. The van der Waals surface area contributed by atoms with Crippen molar-refractivity contribution in [3.05, 3.63) is 160 Å². The van der Waals surface area contributed by atoms with E-state index in [2.05, 4.69) is 48.5 Å². The maximum Gasteiger partial charge on any atom is 0.458 e. The molecule has 714 valence electrons. The minimum atomic E-state index is -5.77. The monoisotopic (exact) mass is 2040 g/mol. The molecule has 0 spiro atoms. The molecule has 44 heteroatoms. The maximum absolute atomic E-state index is 14.9. The van der Waals surface area contributed by atoms with Gasteiger partial charge in [-0.05, 0) is 122 Å². The fraction of sp³-hybridized carbons (Fsp3) is 0.466. The standard InChI is InChI=1S/C42H44ClF3N4O7S2.C33H41ClN4O7S2.C9H6BrF3O.C4F6O2/c1-6-24-18-41(24,39(53)49-59(54,55)28-12-13-28)19-34(51)33-16-27(57-37-30-15-26(43)11-14-29(30)35(56-5)20-47-37)21-50(33)38(52)31(40(2,3)4)17-36-48-32(22-58-36)23-7-9-25(10-8-23)42(44,45)46;1-6-18-14-33(18,31(41)37-47(42,43)21-8-9-21)15-26(39)25-12-20(17-38(25)30(40)24(13-28(35)46)32(2,3)4)45-29-23-11-19(34)7-10-22(23)27(44-5)16-36-29;10-5-8(14)6-1-3-7(4-2-6)9(11,12)13;5-3(6,7)1(11)2(12)4(8,9)10/h6-11,14-15,20,22,24,27-28,31,33H,1,12-13,16-19,21H2,2-5H3,(H,49,53);6-7,10-11,16,18,20-21,24-25H,1,8-9,12-15,17H2,2-5H3,(H2,35,46)(H,37,41);1-4H,5H2;/t24-,27-,31-,33+,41-;18-,20-,24-,25+,33-;;/m11../s1. The van der Waals surface area contributed by atoms with Crippen molar-refractivity contribution in [2.45, 2.75) is 178 Å². The number of carbonyl (C=O) groups is 9. The van der Waals surface area contributed by atoms with E-state index in [4.69, 9.17) is 65.1 Å². The zero-order chi connectivity index (χ0) is 98.1. The van der Waals surface area contributed by atoms with Gasteiger partial charge < -0.3 is 34.5 Å². The maximum atomic E-state index is 14.9. The van der Waals surface area contributed by atoms with Crippen molar-refractivity contribution in [1.82, 2.24) is 34.2 Å². The molecule has 4 N–H and O–H groups in total. The molecular weight excluding hydrogens is 1950 g/mol. The number of allylic oxidation sites excluding steroid dienone is 2. The molecule has 0 radical (unpaired) electrons. The van der Waals surface area contributed by atoms with Gasteiger partial charge in [-0.15, -0.1) is 24.5 Å². The van der Waals surface area contributed by atoms with Crippen molar-refractivity contribution in [3.63, 3.8) is 0 Å². The number of thiazole rings is 1. The van der Waals surface area contributed by atoms with Gasteiger partial charge in [0.15, 0.2) is 17.3 Å². The highest BCUT2D eigenvalue weighted by Crippen LogP contribution is 2.59. The fourth-order valence-corrected chi connectivity index (χ4v) is 19.9. The molecule has 4 saturated carbocycles. The number of nitrogens with zero attached hydrogens (tertiary/aromatic N) is 5. The van der Waals surface area contributed by atoms with E-state index in [0.717, 1.165) is 29.7 Å². The van der Waals surface area contributed by atoms with E-state index in [9.17, 15) is 113 Å². The lowest BCUT2D eigenvalue weighted by Crippen LogP contribution is -2.48. The van der Waals surface area contributed by atoms with Crippen LogP contribution in [0.25, 0.3) is 32.8 Å². The number of amides is 4. The summed E-state index contributed by atoms with van der Waals surface area (Å²) in [6.07, 6.45) is -13.2. The summed E-state index contributed by atoms with van der Waals surface area (Å²) in [6.45, 7) is 19.1. The fourth-order valence-electron chi connectivity index (χ4n) is 15.5. The van der Waals surface area contributed by atoms with Crippen LogP contribution < -0.4 is 34.1 Å². The molecule has 2 aliphatic heterocycles. The van der Waals surface area contributed by atoms with Gasteiger partial charge in [0.2, 0.25) is 55.4 Å². The van der Waals surface area contributed by atoms with Gasteiger partial charge in [0.05, 0.1) is 105 Å². The summed E-state index contributed by atoms with van der Waals surface area (Å²) in [7, 11) is -4.68. The lowest BCUT2D eigenvalue weighted by atomic mass is 9.77. The van der Waals surface area contributed by atoms with Gasteiger partial charge in [-0.1, -0.05) is 129 Å². The van der Waals surface area contributed by atoms with Crippen molar-refractivity contribution in [2.24, 2.45) is 51.1 Å². The van der Waals surface area contributed by atoms with Crippen LogP contribution in [0.4, 0.5) is 52.7 Å². The number of aromatic nitrogens is 3. The average Bonchev–Trinajstić information content (AvgIpc) is 1.57. The molecule has 132 heavy (non-hydrogen) atoms. The summed E-state index contributed by atoms with van der Waals surface area (Å²) < 4.78 is 222. The average molecular weight is 2040 g/mol. The number of fused-ring (bicyclic) bond motifs is 2. The van der Waals surface area contributed by atoms with Crippen LogP contribution in [0.2, 0.25) is 10.0 Å². The number of rotatable bonds is 30. The van der Waals surface area contributed by atoms with E-state index in [0.29, 0.717) is 79.7 Å². The second-order valence-electron chi connectivity index (χ2n) is 34.8. The summed E-state index contributed by atoms with van der Waals surface area (Å²) in [5, 5.41) is 4.64. The van der Waals surface area contributed by atoms with E-state index in [1.54, 1.807) is 53.9 Å². The number of nitrogens with two attached hydrogens (primary N) is 1. The molecule has 13 rings (SSSR count). The summed E-state index contributed by atoms with van der Waals surface area (Å²) in [5.74, 6) is -10.6. The molecule has 0 unspecified atom stereocenters. The van der Waals surface area contributed by atoms with Crippen molar-refractivity contribution >= 4 is 162 Å². The number of benzene rings is 4. The van der Waals surface area contributed by atoms with Crippen LogP contribution in [0.15, 0.2) is 128 Å². The van der Waals surface area contributed by atoms with Gasteiger partial charge in [-0.25, -0.2) is 31.8 Å². The Hall–Kier alpha value is -9.75. The van der Waals surface area contributed by atoms with Crippen LogP contribution in [0.1, 0.15) is 139 Å². The summed E-state index contributed by atoms with van der Waals surface area (Å²) in [6, 6.07) is 17.3. The predicted molar refractivity (Wildman–Crippen MR) is 472 cm³/mol. The number of sulfonamides is 2. The lowest BCUT2D eigenvalue weighted by Gasteiger charge is -2.35. The second-order valence-corrected chi connectivity index (χ2v) is 41.7. The Balaban J connectivity index is 0.000000218. The van der Waals surface area contributed by atoms with Crippen LogP contribution in [0.3, 0.4) is 0 Å². The highest BCUT2D eigenvalue weighted by Gasteiger charge is 2.64. The number of ketones is 5. The molecule has 6 aliphatic rings. The van der Waals surface area contributed by atoms with Gasteiger partial charge in [-0.2, -0.15) is 52.7 Å². The second kappa shape index (κ2) is 40.4. The number of methoxy groups -OCH3 is 2. The third kappa shape index (κ3) is 25.1. The number of ether oxygens (including phenoxy) is 4. The topological polar surface area (TPSA) is 354 Å². The summed E-state index contributed by atoms with van der Waals surface area (Å²) in [4.78, 5) is 132. The Kier molecular flexibility index (Phi) is 32.0. The predicted octanol–water partition coefficient (Wildman–Crippen LogP) is 16.9. The van der Waals surface area contributed by atoms with Gasteiger partial charge in [0.1, 0.15) is 23.7 Å². The van der Waals surface area contributed by atoms with Crippen LogP contribution >= 0.6 is 62.7 Å². The van der Waals surface area contributed by atoms with Crippen LogP contribution in [-0.4, -0.2) is 179 Å². The van der Waals surface area contributed by atoms with E-state index in [1.807, 2.05) is 41.5 Å². The Labute approximate surface area is 778 Å². The summed E-state index contributed by atoms with van der Waals surface area (Å²) >= 11 is 22.1. The number of nitrogens with one attached hydrogen (secondary N) is 2. The Morgan fingerprint density at radius 3 is 1.32 bits per heavy atom. The van der Waals surface area contributed by atoms with Crippen molar-refractivity contribution in [2.75, 3.05) is 32.6 Å². The van der Waals surface area contributed by atoms with Gasteiger partial charge in [-0.3, -0.25) is 52.6 Å². The first kappa shape index (κ1) is 104. The van der Waals surface area contributed by atoms with Crippen molar-refractivity contribution in [3.8, 4) is 34.5 Å². The van der Waals surface area contributed by atoms with E-state index in [-0.39, 0.29) is 121 Å². The smallest absolute Gasteiger partial charge is 0.458 e. The number of alkyl halides is 13. The molecule has 3 aromatic heterocycles. The first-order valence-corrected chi connectivity index (χ1v) is 47.0. The number of halogens is 15. The van der Waals surface area contributed by atoms with E-state index < -0.39 is 159 Å². The molecule has 6 fully saturated rings. The normalized spacial score (nSPS) is 21.3. The van der Waals surface area contributed by atoms with Gasteiger partial charge in [0, 0.05) is 98.5 Å². The number of likely N-dealkylation sites (tertiary alicyclic amines) is 2. The third-order valence-corrected chi connectivity index (χ3v) is 29.1. The molecule has 5 heterocycles. The van der Waals surface area contributed by atoms with Gasteiger partial charge in [0.25, 0.3) is 0 Å². The minimum Gasteiger partial charge on any atom is -0.494 e. The number of hydrogen-bond acceptors (Lipinski definition) is 22. The molecule has 10 atom stereocenters.